The summed E-state index contributed by atoms with van der Waals surface area (Å²) in [6.07, 6.45) is 6.20. The molecule has 154 valence electrons. The zero-order valence-corrected chi connectivity index (χ0v) is 17.7. The van der Waals surface area contributed by atoms with Crippen LogP contribution in [0.2, 0.25) is 0 Å². The second-order valence-electron chi connectivity index (χ2n) is 7.46. The first-order valence-corrected chi connectivity index (χ1v) is 11.0. The molecule has 0 bridgehead atoms. The highest BCUT2D eigenvalue weighted by atomic mass is 32.2. The van der Waals surface area contributed by atoms with Crippen molar-refractivity contribution in [3.63, 3.8) is 0 Å². The summed E-state index contributed by atoms with van der Waals surface area (Å²) in [4.78, 5) is 37.2. The summed E-state index contributed by atoms with van der Waals surface area (Å²) in [6.45, 7) is 3.50. The van der Waals surface area contributed by atoms with Crippen molar-refractivity contribution in [3.05, 3.63) is 47.6 Å². The van der Waals surface area contributed by atoms with E-state index in [1.807, 2.05) is 29.7 Å². The fourth-order valence-electron chi connectivity index (χ4n) is 4.38. The summed E-state index contributed by atoms with van der Waals surface area (Å²) in [5, 5.41) is 20.7. The number of aliphatic carboxylic acids is 1. The third-order valence-corrected chi connectivity index (χ3v) is 7.96. The summed E-state index contributed by atoms with van der Waals surface area (Å²) in [5.41, 5.74) is 0.660. The van der Waals surface area contributed by atoms with Gasteiger partial charge < -0.3 is 15.1 Å². The molecule has 5 rings (SSSR count). The summed E-state index contributed by atoms with van der Waals surface area (Å²) in [7, 11) is 0. The molecule has 3 aromatic heterocycles. The molecule has 1 amide bonds. The van der Waals surface area contributed by atoms with Gasteiger partial charge in [-0.1, -0.05) is 18.7 Å². The number of carboxylic acid groups (broad SMARTS) is 1. The number of thiazole rings is 1. The first-order chi connectivity index (χ1) is 14.4. The Hall–Kier alpha value is -2.69. The van der Waals surface area contributed by atoms with E-state index in [0.717, 1.165) is 19.6 Å². The van der Waals surface area contributed by atoms with Crippen molar-refractivity contribution < 1.29 is 19.8 Å². The van der Waals surface area contributed by atoms with E-state index in [-0.39, 0.29) is 23.6 Å². The maximum absolute atomic E-state index is 12.5. The van der Waals surface area contributed by atoms with E-state index < -0.39 is 18.0 Å². The highest BCUT2D eigenvalue weighted by Gasteiger charge is 2.60. The predicted octanol–water partition coefficient (Wildman–Crippen LogP) is 2.60. The number of fused-ring (bicyclic) bond motifs is 2. The first-order valence-electron chi connectivity index (χ1n) is 9.41. The van der Waals surface area contributed by atoms with Gasteiger partial charge in [0.15, 0.2) is 0 Å². The average Bonchev–Trinajstić information content (AvgIpc) is 3.33. The van der Waals surface area contributed by atoms with Gasteiger partial charge in [-0.3, -0.25) is 14.2 Å². The number of aromatic nitrogens is 3. The van der Waals surface area contributed by atoms with Gasteiger partial charge in [-0.05, 0) is 19.1 Å². The number of imidazole rings is 1. The molecule has 4 atom stereocenters. The summed E-state index contributed by atoms with van der Waals surface area (Å²) >= 11 is 2.97. The number of hydrogen-bond acceptors (Lipinski definition) is 7. The van der Waals surface area contributed by atoms with Crippen molar-refractivity contribution in [1.82, 2.24) is 19.3 Å². The molecule has 2 N–H and O–H groups in total. The van der Waals surface area contributed by atoms with Crippen LogP contribution in [0.3, 0.4) is 0 Å². The normalized spacial score (nSPS) is 24.3. The molecular formula is C20H18N4O4S2. The van der Waals surface area contributed by atoms with Gasteiger partial charge in [-0.15, -0.1) is 11.3 Å². The standard InChI is InChI=1S/C20H18N4O4S2/c1-9-13(16(20(27)28)24-15(9)14(10(2)25)18(24)26)12-7-23-8-22-17(19(23)30-12)29-11-3-5-21-6-4-11/h3-10,14-15,25H,1-2H3,(H,27,28)/t9-,10+,14+,15+/m0/s1. The number of carbonyl (C=O) groups excluding carboxylic acids is 1. The second kappa shape index (κ2) is 6.93. The van der Waals surface area contributed by atoms with Crippen molar-refractivity contribution in [2.75, 3.05) is 0 Å². The molecule has 0 radical (unpaired) electrons. The molecule has 5 heterocycles. The Morgan fingerprint density at radius 3 is 2.73 bits per heavy atom. The van der Waals surface area contributed by atoms with Crippen LogP contribution < -0.4 is 0 Å². The maximum Gasteiger partial charge on any atom is 0.352 e. The van der Waals surface area contributed by atoms with Crippen molar-refractivity contribution in [2.24, 2.45) is 11.8 Å². The van der Waals surface area contributed by atoms with E-state index in [1.54, 1.807) is 25.6 Å². The molecule has 2 aliphatic heterocycles. The zero-order chi connectivity index (χ0) is 21.2. The first kappa shape index (κ1) is 19.3. The fraction of sp³-hybridized carbons (Fsp3) is 0.300. The van der Waals surface area contributed by atoms with Crippen LogP contribution in [0.15, 0.2) is 52.7 Å². The van der Waals surface area contributed by atoms with Crippen LogP contribution in [-0.2, 0) is 9.59 Å². The summed E-state index contributed by atoms with van der Waals surface area (Å²) < 4.78 is 1.88. The van der Waals surface area contributed by atoms with E-state index in [9.17, 15) is 19.8 Å². The number of amides is 1. The molecule has 0 spiro atoms. The molecule has 30 heavy (non-hydrogen) atoms. The number of pyridine rings is 1. The Balaban J connectivity index is 1.56. The SMILES string of the molecule is C[C@@H](O)[C@H]1C(=O)N2C(C(=O)O)=C(c3cn4cnc(Sc5ccncc5)c4s3)[C@H](C)[C@H]12. The van der Waals surface area contributed by atoms with Crippen molar-refractivity contribution >= 4 is 45.4 Å². The lowest BCUT2D eigenvalue weighted by atomic mass is 9.77. The lowest BCUT2D eigenvalue weighted by molar-refractivity contribution is -0.163. The van der Waals surface area contributed by atoms with Gasteiger partial charge in [0.1, 0.15) is 21.9 Å². The minimum Gasteiger partial charge on any atom is -0.477 e. The van der Waals surface area contributed by atoms with Crippen molar-refractivity contribution in [1.29, 1.82) is 0 Å². The third-order valence-electron chi connectivity index (χ3n) is 5.68. The molecule has 1 saturated heterocycles. The maximum atomic E-state index is 12.5. The van der Waals surface area contributed by atoms with Gasteiger partial charge in [0, 0.05) is 35.0 Å². The third kappa shape index (κ3) is 2.71. The lowest BCUT2D eigenvalue weighted by Crippen LogP contribution is -2.63. The molecule has 10 heteroatoms. The molecular weight excluding hydrogens is 424 g/mol. The van der Waals surface area contributed by atoms with Gasteiger partial charge in [0.05, 0.1) is 22.9 Å². The predicted molar refractivity (Wildman–Crippen MR) is 111 cm³/mol. The van der Waals surface area contributed by atoms with Gasteiger partial charge >= 0.3 is 5.97 Å². The van der Waals surface area contributed by atoms with Gasteiger partial charge in [-0.25, -0.2) is 9.78 Å². The van der Waals surface area contributed by atoms with Crippen molar-refractivity contribution in [2.45, 2.75) is 35.9 Å². The van der Waals surface area contributed by atoms with Crippen LogP contribution in [0, 0.1) is 11.8 Å². The lowest BCUT2D eigenvalue weighted by Gasteiger charge is -2.46. The minimum atomic E-state index is -1.13. The van der Waals surface area contributed by atoms with E-state index in [4.69, 9.17) is 0 Å². The Morgan fingerprint density at radius 2 is 2.07 bits per heavy atom. The van der Waals surface area contributed by atoms with Crippen LogP contribution >= 0.6 is 23.1 Å². The molecule has 0 saturated carbocycles. The summed E-state index contributed by atoms with van der Waals surface area (Å²) in [6, 6.07) is 3.48. The Kier molecular flexibility index (Phi) is 4.46. The number of rotatable bonds is 5. The van der Waals surface area contributed by atoms with Crippen LogP contribution in [-0.4, -0.2) is 53.5 Å². The highest BCUT2D eigenvalue weighted by molar-refractivity contribution is 7.99. The minimum absolute atomic E-state index is 0.0233. The largest absolute Gasteiger partial charge is 0.477 e. The van der Waals surface area contributed by atoms with Crippen LogP contribution in [0.4, 0.5) is 0 Å². The Morgan fingerprint density at radius 1 is 1.33 bits per heavy atom. The smallest absolute Gasteiger partial charge is 0.352 e. The molecule has 1 fully saturated rings. The van der Waals surface area contributed by atoms with E-state index in [2.05, 4.69) is 9.97 Å². The number of carbonyl (C=O) groups is 2. The average molecular weight is 443 g/mol. The quantitative estimate of drug-likeness (QED) is 0.585. The second-order valence-corrected chi connectivity index (χ2v) is 9.56. The molecule has 0 aromatic carbocycles. The number of carboxylic acids is 1. The summed E-state index contributed by atoms with van der Waals surface area (Å²) in [5.74, 6) is -2.22. The molecule has 3 aromatic rings. The monoisotopic (exact) mass is 442 g/mol. The Bertz CT molecular complexity index is 1200. The topological polar surface area (TPSA) is 108 Å². The number of nitrogens with zero attached hydrogens (tertiary/aromatic N) is 4. The van der Waals surface area contributed by atoms with Crippen molar-refractivity contribution in [3.8, 4) is 0 Å². The van der Waals surface area contributed by atoms with E-state index in [1.165, 1.54) is 28.0 Å². The molecule has 8 nitrogen and oxygen atoms in total. The van der Waals surface area contributed by atoms with Gasteiger partial charge in [0.25, 0.3) is 0 Å². The number of β-lactam (4-membered cyclic amide) rings is 1. The zero-order valence-electron chi connectivity index (χ0n) is 16.1. The number of hydrogen-bond donors (Lipinski definition) is 2. The van der Waals surface area contributed by atoms with E-state index in [0.29, 0.717) is 5.57 Å². The highest BCUT2D eigenvalue weighted by Crippen LogP contribution is 2.51. The van der Waals surface area contributed by atoms with E-state index >= 15 is 0 Å². The number of aliphatic hydroxyl groups excluding tert-OH is 1. The molecule has 0 unspecified atom stereocenters. The number of aliphatic hydroxyl groups is 1. The molecule has 0 aliphatic carbocycles. The van der Waals surface area contributed by atoms with Crippen LogP contribution in [0.25, 0.3) is 10.4 Å². The van der Waals surface area contributed by atoms with Crippen LogP contribution in [0.1, 0.15) is 18.7 Å². The van der Waals surface area contributed by atoms with Gasteiger partial charge in [0.2, 0.25) is 5.91 Å². The van der Waals surface area contributed by atoms with Gasteiger partial charge in [-0.2, -0.15) is 0 Å². The van der Waals surface area contributed by atoms with Crippen LogP contribution in [0.5, 0.6) is 0 Å². The Labute approximate surface area is 179 Å². The fourth-order valence-corrected chi connectivity index (χ4v) is 6.52. The molecule has 2 aliphatic rings.